The molecular weight excluding hydrogens is 308 g/mol. The topological polar surface area (TPSA) is 78.9 Å². The smallest absolute Gasteiger partial charge is 0.317 e. The molecule has 0 aromatic heterocycles. The molecule has 2 N–H and O–H groups in total. The molecule has 24 heavy (non-hydrogen) atoms. The van der Waals surface area contributed by atoms with Crippen LogP contribution in [0.15, 0.2) is 30.3 Å². The Morgan fingerprint density at radius 2 is 1.96 bits per heavy atom. The molecule has 1 heterocycles. The predicted molar refractivity (Wildman–Crippen MR) is 90.9 cm³/mol. The molecule has 0 spiro atoms. The third-order valence-corrected chi connectivity index (χ3v) is 4.42. The number of piperidine rings is 1. The third kappa shape index (κ3) is 5.85. The molecule has 132 valence electrons. The Morgan fingerprint density at radius 1 is 1.29 bits per heavy atom. The highest BCUT2D eigenvalue weighted by molar-refractivity contribution is 5.75. The van der Waals surface area contributed by atoms with E-state index >= 15 is 0 Å². The van der Waals surface area contributed by atoms with Crippen molar-refractivity contribution in [3.8, 4) is 0 Å². The Labute approximate surface area is 142 Å². The van der Waals surface area contributed by atoms with Crippen molar-refractivity contribution in [1.29, 1.82) is 0 Å². The van der Waals surface area contributed by atoms with Crippen molar-refractivity contribution in [3.63, 3.8) is 0 Å². The molecule has 2 rings (SSSR count). The van der Waals surface area contributed by atoms with Crippen molar-refractivity contribution >= 4 is 12.0 Å². The number of urea groups is 1. The van der Waals surface area contributed by atoms with E-state index in [1.807, 2.05) is 30.3 Å². The van der Waals surface area contributed by atoms with Crippen LogP contribution in [0, 0.1) is 0 Å². The van der Waals surface area contributed by atoms with Crippen LogP contribution >= 0.6 is 0 Å². The van der Waals surface area contributed by atoms with Gasteiger partial charge in [0, 0.05) is 32.7 Å². The summed E-state index contributed by atoms with van der Waals surface area (Å²) in [4.78, 5) is 25.1. The van der Waals surface area contributed by atoms with E-state index in [4.69, 9.17) is 9.84 Å². The van der Waals surface area contributed by atoms with Crippen molar-refractivity contribution in [1.82, 2.24) is 10.2 Å². The summed E-state index contributed by atoms with van der Waals surface area (Å²) in [6.07, 6.45) is 2.99. The van der Waals surface area contributed by atoms with Gasteiger partial charge in [0.1, 0.15) is 0 Å². The van der Waals surface area contributed by atoms with E-state index in [0.29, 0.717) is 25.9 Å². The van der Waals surface area contributed by atoms with Crippen LogP contribution in [-0.2, 0) is 16.0 Å². The van der Waals surface area contributed by atoms with E-state index in [0.717, 1.165) is 18.4 Å². The fourth-order valence-corrected chi connectivity index (χ4v) is 2.98. The van der Waals surface area contributed by atoms with Gasteiger partial charge in [-0.05, 0) is 31.2 Å². The van der Waals surface area contributed by atoms with Gasteiger partial charge in [0.2, 0.25) is 0 Å². The van der Waals surface area contributed by atoms with Gasteiger partial charge < -0.3 is 20.1 Å². The maximum Gasteiger partial charge on any atom is 0.317 e. The number of carboxylic acid groups (broad SMARTS) is 1. The molecule has 1 aliphatic rings. The zero-order valence-electron chi connectivity index (χ0n) is 14.1. The number of benzene rings is 1. The van der Waals surface area contributed by atoms with Gasteiger partial charge in [-0.1, -0.05) is 30.3 Å². The molecule has 0 saturated carbocycles. The Balaban J connectivity index is 1.91. The number of carbonyl (C=O) groups excluding carboxylic acids is 1. The average Bonchev–Trinajstić information content (AvgIpc) is 2.60. The van der Waals surface area contributed by atoms with Crippen molar-refractivity contribution in [2.45, 2.75) is 44.2 Å². The van der Waals surface area contributed by atoms with Crippen LogP contribution in [0.5, 0.6) is 0 Å². The first kappa shape index (κ1) is 18.3. The molecule has 1 unspecified atom stereocenters. The lowest BCUT2D eigenvalue weighted by Crippen LogP contribution is -2.49. The molecule has 1 aromatic carbocycles. The molecule has 6 nitrogen and oxygen atoms in total. The number of likely N-dealkylation sites (tertiary alicyclic amines) is 1. The minimum atomic E-state index is -0.844. The molecule has 6 heteroatoms. The number of ether oxygens (including phenoxy) is 1. The molecule has 0 radical (unpaired) electrons. The molecule has 1 saturated heterocycles. The monoisotopic (exact) mass is 334 g/mol. The van der Waals surface area contributed by atoms with E-state index in [2.05, 4.69) is 5.32 Å². The number of hydrogen-bond donors (Lipinski definition) is 2. The van der Waals surface area contributed by atoms with E-state index in [1.165, 1.54) is 0 Å². The zero-order valence-corrected chi connectivity index (χ0v) is 14.1. The first-order valence-electron chi connectivity index (χ1n) is 8.42. The number of carbonyl (C=O) groups is 2. The quantitative estimate of drug-likeness (QED) is 0.802. The van der Waals surface area contributed by atoms with Gasteiger partial charge in [0.15, 0.2) is 0 Å². The fraction of sp³-hybridized carbons (Fsp3) is 0.556. The fourth-order valence-electron chi connectivity index (χ4n) is 2.98. The minimum Gasteiger partial charge on any atom is -0.481 e. The van der Waals surface area contributed by atoms with E-state index in [1.54, 1.807) is 12.0 Å². The number of rotatable bonds is 7. The van der Waals surface area contributed by atoms with Gasteiger partial charge >= 0.3 is 12.0 Å². The number of methoxy groups -OCH3 is 1. The maximum absolute atomic E-state index is 12.5. The second-order valence-electron chi connectivity index (χ2n) is 6.19. The summed E-state index contributed by atoms with van der Waals surface area (Å²) < 4.78 is 5.32. The lowest BCUT2D eigenvalue weighted by atomic mass is 10.0. The lowest BCUT2D eigenvalue weighted by Gasteiger charge is -2.32. The summed E-state index contributed by atoms with van der Waals surface area (Å²) in [5.74, 6) is -0.844. The zero-order chi connectivity index (χ0) is 17.4. The van der Waals surface area contributed by atoms with Gasteiger partial charge in [0.05, 0.1) is 6.10 Å². The molecule has 1 aromatic rings. The molecule has 1 fully saturated rings. The summed E-state index contributed by atoms with van der Waals surface area (Å²) in [5, 5.41) is 11.9. The average molecular weight is 334 g/mol. The number of amides is 2. The first-order chi connectivity index (χ1) is 11.6. The van der Waals surface area contributed by atoms with Crippen LogP contribution in [0.3, 0.4) is 0 Å². The Morgan fingerprint density at radius 3 is 2.54 bits per heavy atom. The van der Waals surface area contributed by atoms with Crippen LogP contribution in [0.2, 0.25) is 0 Å². The van der Waals surface area contributed by atoms with Crippen LogP contribution in [0.4, 0.5) is 4.79 Å². The molecule has 0 bridgehead atoms. The summed E-state index contributed by atoms with van der Waals surface area (Å²) in [7, 11) is 1.70. The number of aliphatic carboxylic acids is 1. The van der Waals surface area contributed by atoms with Gasteiger partial charge in [0.25, 0.3) is 0 Å². The summed E-state index contributed by atoms with van der Waals surface area (Å²) in [6.45, 7) is 1.34. The Hall–Kier alpha value is -2.08. The van der Waals surface area contributed by atoms with Crippen molar-refractivity contribution in [3.05, 3.63) is 35.9 Å². The summed E-state index contributed by atoms with van der Waals surface area (Å²) in [5.41, 5.74) is 1.09. The van der Waals surface area contributed by atoms with Crippen molar-refractivity contribution in [2.75, 3.05) is 20.2 Å². The summed E-state index contributed by atoms with van der Waals surface area (Å²) >= 11 is 0. The SMILES string of the molecule is COC1CCN(C(=O)NC(CCC(=O)O)Cc2ccccc2)CC1. The van der Waals surface area contributed by atoms with E-state index in [-0.39, 0.29) is 24.6 Å². The van der Waals surface area contributed by atoms with Crippen molar-refractivity contribution < 1.29 is 19.4 Å². The minimum absolute atomic E-state index is 0.0452. The van der Waals surface area contributed by atoms with Gasteiger partial charge in [-0.3, -0.25) is 4.79 Å². The van der Waals surface area contributed by atoms with Crippen molar-refractivity contribution in [2.24, 2.45) is 0 Å². The van der Waals surface area contributed by atoms with Gasteiger partial charge in [-0.25, -0.2) is 4.79 Å². The Bertz CT molecular complexity index is 527. The van der Waals surface area contributed by atoms with Gasteiger partial charge in [-0.15, -0.1) is 0 Å². The van der Waals surface area contributed by atoms with Gasteiger partial charge in [-0.2, -0.15) is 0 Å². The van der Waals surface area contributed by atoms with E-state index in [9.17, 15) is 9.59 Å². The van der Waals surface area contributed by atoms with E-state index < -0.39 is 5.97 Å². The lowest BCUT2D eigenvalue weighted by molar-refractivity contribution is -0.137. The number of nitrogens with one attached hydrogen (secondary N) is 1. The standard InChI is InChI=1S/C18H26N2O4/c1-24-16-9-11-20(12-10-16)18(23)19-15(7-8-17(21)22)13-14-5-3-2-4-6-14/h2-6,15-16H,7-13H2,1H3,(H,19,23)(H,21,22). The van der Waals surface area contributed by atoms with Crippen LogP contribution in [0.25, 0.3) is 0 Å². The highest BCUT2D eigenvalue weighted by atomic mass is 16.5. The molecular formula is C18H26N2O4. The second-order valence-corrected chi connectivity index (χ2v) is 6.19. The second kappa shape index (κ2) is 9.27. The number of hydrogen-bond acceptors (Lipinski definition) is 3. The predicted octanol–water partition coefficient (Wildman–Crippen LogP) is 2.28. The van der Waals surface area contributed by atoms with Crippen LogP contribution < -0.4 is 5.32 Å². The molecule has 0 aliphatic carbocycles. The highest BCUT2D eigenvalue weighted by Crippen LogP contribution is 2.14. The normalized spacial score (nSPS) is 16.6. The molecule has 2 amide bonds. The Kier molecular flexibility index (Phi) is 7.06. The molecule has 1 atom stereocenters. The first-order valence-corrected chi connectivity index (χ1v) is 8.42. The number of carboxylic acids is 1. The van der Waals surface area contributed by atoms with Crippen LogP contribution in [0.1, 0.15) is 31.2 Å². The van der Waals surface area contributed by atoms with Crippen LogP contribution in [-0.4, -0.2) is 54.4 Å². The highest BCUT2D eigenvalue weighted by Gasteiger charge is 2.24. The largest absolute Gasteiger partial charge is 0.481 e. The molecule has 1 aliphatic heterocycles. The number of nitrogens with zero attached hydrogens (tertiary/aromatic N) is 1. The third-order valence-electron chi connectivity index (χ3n) is 4.42. The summed E-state index contributed by atoms with van der Waals surface area (Å²) in [6, 6.07) is 9.51. The maximum atomic E-state index is 12.5.